The summed E-state index contributed by atoms with van der Waals surface area (Å²) < 4.78 is 10.1. The van der Waals surface area contributed by atoms with Gasteiger partial charge in [-0.3, -0.25) is 9.59 Å². The minimum absolute atomic E-state index is 0.242. The van der Waals surface area contributed by atoms with E-state index in [9.17, 15) is 19.2 Å². The van der Waals surface area contributed by atoms with Gasteiger partial charge in [0, 0.05) is 22.5 Å². The SMILES string of the molecule is CCOC(=O)c1ccc(Nc2ccc(Nc3ccc(C(=O)OCC)cc3)c3c2C(=O)c2ccccc2C3=O)cc1. The zero-order chi connectivity index (χ0) is 28.2. The Morgan fingerprint density at radius 2 is 0.950 bits per heavy atom. The molecule has 0 atom stereocenters. The van der Waals surface area contributed by atoms with Gasteiger partial charge in [-0.1, -0.05) is 24.3 Å². The van der Waals surface area contributed by atoms with E-state index in [1.165, 1.54) is 0 Å². The first-order valence-electron chi connectivity index (χ1n) is 12.8. The topological polar surface area (TPSA) is 111 Å². The zero-order valence-corrected chi connectivity index (χ0v) is 21.9. The van der Waals surface area contributed by atoms with Crippen molar-refractivity contribution in [1.82, 2.24) is 0 Å². The molecule has 0 saturated heterocycles. The summed E-state index contributed by atoms with van der Waals surface area (Å²) in [6.45, 7) is 4.03. The lowest BCUT2D eigenvalue weighted by Crippen LogP contribution is -2.23. The molecule has 0 radical (unpaired) electrons. The van der Waals surface area contributed by atoms with Crippen LogP contribution >= 0.6 is 0 Å². The van der Waals surface area contributed by atoms with Crippen LogP contribution in [0.3, 0.4) is 0 Å². The summed E-state index contributed by atoms with van der Waals surface area (Å²) in [5.74, 6) is -1.40. The summed E-state index contributed by atoms with van der Waals surface area (Å²) in [5.41, 5.74) is 4.12. The summed E-state index contributed by atoms with van der Waals surface area (Å²) >= 11 is 0. The molecule has 4 aromatic carbocycles. The molecule has 0 aromatic heterocycles. The normalized spacial score (nSPS) is 11.8. The molecule has 0 amide bonds. The standard InChI is InChI=1S/C32H26N2O6/c1-3-39-31(37)19-9-13-21(14-10-19)33-25-17-18-26(34-22-15-11-20(12-16-22)32(38)40-4-2)28-27(25)29(35)23-7-5-6-8-24(23)30(28)36/h5-18,33-34H,3-4H2,1-2H3. The van der Waals surface area contributed by atoms with Crippen LogP contribution in [-0.4, -0.2) is 36.7 Å². The number of carbonyl (C=O) groups excluding carboxylic acids is 4. The molecule has 1 aliphatic carbocycles. The number of benzene rings is 4. The maximum Gasteiger partial charge on any atom is 0.338 e. The van der Waals surface area contributed by atoms with Gasteiger partial charge >= 0.3 is 11.9 Å². The molecule has 0 fully saturated rings. The lowest BCUT2D eigenvalue weighted by Gasteiger charge is -2.24. The van der Waals surface area contributed by atoms with Crippen LogP contribution < -0.4 is 10.6 Å². The second-order valence-corrected chi connectivity index (χ2v) is 8.96. The number of hydrogen-bond acceptors (Lipinski definition) is 8. The van der Waals surface area contributed by atoms with Crippen LogP contribution in [-0.2, 0) is 9.47 Å². The Balaban J connectivity index is 1.52. The van der Waals surface area contributed by atoms with Gasteiger partial charge in [0.1, 0.15) is 0 Å². The number of ketones is 2. The first-order valence-corrected chi connectivity index (χ1v) is 12.8. The molecule has 0 bridgehead atoms. The van der Waals surface area contributed by atoms with E-state index in [0.717, 1.165) is 0 Å². The average molecular weight is 535 g/mol. The average Bonchev–Trinajstić information content (AvgIpc) is 2.97. The Kier molecular flexibility index (Phi) is 7.41. The molecule has 0 spiro atoms. The monoisotopic (exact) mass is 534 g/mol. The molecule has 0 heterocycles. The largest absolute Gasteiger partial charge is 0.462 e. The van der Waals surface area contributed by atoms with Crippen molar-refractivity contribution in [2.24, 2.45) is 0 Å². The number of carbonyl (C=O) groups is 4. The molecular formula is C32H26N2O6. The summed E-state index contributed by atoms with van der Waals surface area (Å²) in [7, 11) is 0. The van der Waals surface area contributed by atoms with E-state index in [0.29, 0.717) is 45.0 Å². The molecule has 0 saturated carbocycles. The van der Waals surface area contributed by atoms with Gasteiger partial charge in [0.15, 0.2) is 11.6 Å². The van der Waals surface area contributed by atoms with E-state index < -0.39 is 11.9 Å². The second kappa shape index (κ2) is 11.2. The molecule has 200 valence electrons. The summed E-state index contributed by atoms with van der Waals surface area (Å²) in [6.07, 6.45) is 0. The van der Waals surface area contributed by atoms with Gasteiger partial charge in [-0.15, -0.1) is 0 Å². The molecule has 0 unspecified atom stereocenters. The van der Waals surface area contributed by atoms with Crippen molar-refractivity contribution < 1.29 is 28.7 Å². The first kappa shape index (κ1) is 26.4. The van der Waals surface area contributed by atoms with Gasteiger partial charge in [0.25, 0.3) is 0 Å². The summed E-state index contributed by atoms with van der Waals surface area (Å²) in [6, 6.07) is 23.5. The predicted molar refractivity (Wildman–Crippen MR) is 151 cm³/mol. The number of nitrogens with one attached hydrogen (secondary N) is 2. The van der Waals surface area contributed by atoms with E-state index in [1.54, 1.807) is 98.8 Å². The molecule has 40 heavy (non-hydrogen) atoms. The van der Waals surface area contributed by atoms with E-state index in [1.807, 2.05) is 0 Å². The Labute approximate surface area is 230 Å². The highest BCUT2D eigenvalue weighted by molar-refractivity contribution is 6.32. The number of hydrogen-bond donors (Lipinski definition) is 2. The highest BCUT2D eigenvalue weighted by Gasteiger charge is 2.34. The van der Waals surface area contributed by atoms with Gasteiger partial charge in [-0.05, 0) is 74.5 Å². The predicted octanol–water partition coefficient (Wildman–Crippen LogP) is 6.30. The lowest BCUT2D eigenvalue weighted by atomic mass is 9.82. The number of fused-ring (bicyclic) bond motifs is 2. The molecular weight excluding hydrogens is 508 g/mol. The molecule has 8 heteroatoms. The van der Waals surface area contributed by atoms with Gasteiger partial charge in [0.2, 0.25) is 0 Å². The van der Waals surface area contributed by atoms with Crippen molar-refractivity contribution >= 4 is 46.3 Å². The second-order valence-electron chi connectivity index (χ2n) is 8.96. The number of ether oxygens (including phenoxy) is 2. The number of rotatable bonds is 8. The smallest absolute Gasteiger partial charge is 0.338 e. The van der Waals surface area contributed by atoms with Crippen molar-refractivity contribution in [2.45, 2.75) is 13.8 Å². The molecule has 1 aliphatic rings. The van der Waals surface area contributed by atoms with Gasteiger partial charge in [-0.2, -0.15) is 0 Å². The highest BCUT2D eigenvalue weighted by atomic mass is 16.5. The minimum atomic E-state index is -0.422. The third-order valence-electron chi connectivity index (χ3n) is 6.43. The molecule has 8 nitrogen and oxygen atoms in total. The highest BCUT2D eigenvalue weighted by Crippen LogP contribution is 2.38. The molecule has 0 aliphatic heterocycles. The molecule has 5 rings (SSSR count). The van der Waals surface area contributed by atoms with E-state index >= 15 is 0 Å². The van der Waals surface area contributed by atoms with E-state index in [2.05, 4.69) is 10.6 Å². The van der Waals surface area contributed by atoms with Crippen molar-refractivity contribution in [3.63, 3.8) is 0 Å². The van der Waals surface area contributed by atoms with E-state index in [4.69, 9.17) is 9.47 Å². The van der Waals surface area contributed by atoms with Crippen molar-refractivity contribution in [1.29, 1.82) is 0 Å². The third kappa shape index (κ3) is 5.07. The quantitative estimate of drug-likeness (QED) is 0.223. The van der Waals surface area contributed by atoms with Crippen LogP contribution in [0.25, 0.3) is 0 Å². The first-order chi connectivity index (χ1) is 19.4. The molecule has 4 aromatic rings. The zero-order valence-electron chi connectivity index (χ0n) is 21.9. The Morgan fingerprint density at radius 1 is 0.575 bits per heavy atom. The maximum atomic E-state index is 13.7. The fourth-order valence-corrected chi connectivity index (χ4v) is 4.55. The summed E-state index contributed by atoms with van der Waals surface area (Å²) in [5, 5.41) is 6.46. The van der Waals surface area contributed by atoms with Crippen LogP contribution in [0.4, 0.5) is 22.7 Å². The Morgan fingerprint density at radius 3 is 1.30 bits per heavy atom. The fourth-order valence-electron chi connectivity index (χ4n) is 4.55. The summed E-state index contributed by atoms with van der Waals surface area (Å²) in [4.78, 5) is 51.5. The Hall–Kier alpha value is -5.24. The van der Waals surface area contributed by atoms with Gasteiger partial charge < -0.3 is 20.1 Å². The molecule has 2 N–H and O–H groups in total. The Bertz CT molecular complexity index is 1500. The van der Waals surface area contributed by atoms with Crippen molar-refractivity contribution in [3.05, 3.63) is 118 Å². The number of anilines is 4. The van der Waals surface area contributed by atoms with Crippen molar-refractivity contribution in [3.8, 4) is 0 Å². The lowest BCUT2D eigenvalue weighted by molar-refractivity contribution is 0.0517. The van der Waals surface area contributed by atoms with Crippen LogP contribution in [0.2, 0.25) is 0 Å². The van der Waals surface area contributed by atoms with E-state index in [-0.39, 0.29) is 35.9 Å². The number of esters is 2. The van der Waals surface area contributed by atoms with Gasteiger partial charge in [0.05, 0.1) is 46.8 Å². The third-order valence-corrected chi connectivity index (χ3v) is 6.43. The maximum absolute atomic E-state index is 13.7. The van der Waals surface area contributed by atoms with Crippen LogP contribution in [0.5, 0.6) is 0 Å². The minimum Gasteiger partial charge on any atom is -0.462 e. The van der Waals surface area contributed by atoms with Crippen LogP contribution in [0.1, 0.15) is 66.4 Å². The van der Waals surface area contributed by atoms with Crippen LogP contribution in [0.15, 0.2) is 84.9 Å². The van der Waals surface area contributed by atoms with Crippen molar-refractivity contribution in [2.75, 3.05) is 23.8 Å². The fraction of sp³-hybridized carbons (Fsp3) is 0.125. The van der Waals surface area contributed by atoms with Crippen LogP contribution in [0, 0.1) is 0 Å². The van der Waals surface area contributed by atoms with Gasteiger partial charge in [-0.25, -0.2) is 9.59 Å².